The summed E-state index contributed by atoms with van der Waals surface area (Å²) in [4.78, 5) is 26.2. The fraction of sp³-hybridized carbons (Fsp3) is 0.571. The smallest absolute Gasteiger partial charge is 0.345 e. The molecule has 2 aliphatic rings. The quantitative estimate of drug-likeness (QED) is 0.892. The summed E-state index contributed by atoms with van der Waals surface area (Å²) in [5.41, 5.74) is 0. The van der Waals surface area contributed by atoms with E-state index in [2.05, 4.69) is 10.2 Å². The molecular formula is C14H18N2O3S. The van der Waals surface area contributed by atoms with Crippen LogP contribution in [-0.4, -0.2) is 47.1 Å². The second kappa shape index (κ2) is 5.54. The van der Waals surface area contributed by atoms with E-state index in [9.17, 15) is 9.59 Å². The molecule has 2 saturated heterocycles. The standard InChI is InChI=1S/C14H18N2O3S/c17-13(11-3-4-12(20-11)14(18)19)15-9-5-7-16-6-1-2-10(16)8-9/h3-4,9-10H,1-2,5-8H2,(H,15,17)(H,18,19). The Bertz CT molecular complexity index is 528. The van der Waals surface area contributed by atoms with Crippen molar-refractivity contribution in [3.8, 4) is 0 Å². The number of nitrogens with zero attached hydrogens (tertiary/aromatic N) is 1. The fourth-order valence-corrected chi connectivity index (χ4v) is 3.93. The second-order valence-electron chi connectivity index (χ2n) is 5.50. The summed E-state index contributed by atoms with van der Waals surface area (Å²) in [6.07, 6.45) is 4.50. The summed E-state index contributed by atoms with van der Waals surface area (Å²) in [6.45, 7) is 2.25. The number of carboxylic acids is 1. The van der Waals surface area contributed by atoms with Crippen molar-refractivity contribution in [1.82, 2.24) is 10.2 Å². The molecule has 2 N–H and O–H groups in total. The molecular weight excluding hydrogens is 276 g/mol. The highest BCUT2D eigenvalue weighted by atomic mass is 32.1. The van der Waals surface area contributed by atoms with Crippen LogP contribution in [0.2, 0.25) is 0 Å². The number of carboxylic acid groups (broad SMARTS) is 1. The second-order valence-corrected chi connectivity index (χ2v) is 6.58. The van der Waals surface area contributed by atoms with Crippen molar-refractivity contribution >= 4 is 23.2 Å². The van der Waals surface area contributed by atoms with E-state index >= 15 is 0 Å². The van der Waals surface area contributed by atoms with Crippen molar-refractivity contribution < 1.29 is 14.7 Å². The number of fused-ring (bicyclic) bond motifs is 1. The Labute approximate surface area is 121 Å². The van der Waals surface area contributed by atoms with Gasteiger partial charge in [-0.1, -0.05) is 0 Å². The molecule has 0 aliphatic carbocycles. The van der Waals surface area contributed by atoms with E-state index in [1.165, 1.54) is 25.5 Å². The lowest BCUT2D eigenvalue weighted by Crippen LogP contribution is -2.47. The first-order chi connectivity index (χ1) is 9.63. The van der Waals surface area contributed by atoms with Gasteiger partial charge in [0.1, 0.15) is 4.88 Å². The minimum Gasteiger partial charge on any atom is -0.477 e. The van der Waals surface area contributed by atoms with Crippen molar-refractivity contribution in [2.45, 2.75) is 37.8 Å². The van der Waals surface area contributed by atoms with E-state index in [0.717, 1.165) is 30.7 Å². The molecule has 0 bridgehead atoms. The van der Waals surface area contributed by atoms with Gasteiger partial charge in [0.2, 0.25) is 0 Å². The molecule has 108 valence electrons. The van der Waals surface area contributed by atoms with Gasteiger partial charge in [0.15, 0.2) is 0 Å². The molecule has 5 nitrogen and oxygen atoms in total. The van der Waals surface area contributed by atoms with Crippen LogP contribution in [-0.2, 0) is 0 Å². The van der Waals surface area contributed by atoms with Gasteiger partial charge in [-0.05, 0) is 44.4 Å². The van der Waals surface area contributed by atoms with Crippen LogP contribution >= 0.6 is 11.3 Å². The van der Waals surface area contributed by atoms with Gasteiger partial charge < -0.3 is 15.3 Å². The van der Waals surface area contributed by atoms with Gasteiger partial charge in [0.05, 0.1) is 4.88 Å². The highest BCUT2D eigenvalue weighted by Crippen LogP contribution is 2.27. The molecule has 0 radical (unpaired) electrons. The normalized spacial score (nSPS) is 26.2. The molecule has 2 aliphatic heterocycles. The number of rotatable bonds is 3. The number of hydrogen-bond donors (Lipinski definition) is 2. The van der Waals surface area contributed by atoms with Crippen molar-refractivity contribution in [2.75, 3.05) is 13.1 Å². The van der Waals surface area contributed by atoms with Crippen LogP contribution in [0.1, 0.15) is 45.0 Å². The Kier molecular flexibility index (Phi) is 3.76. The molecule has 3 heterocycles. The van der Waals surface area contributed by atoms with Crippen LogP contribution in [0.3, 0.4) is 0 Å². The highest BCUT2D eigenvalue weighted by Gasteiger charge is 2.32. The number of nitrogens with one attached hydrogen (secondary N) is 1. The third-order valence-electron chi connectivity index (χ3n) is 4.20. The number of amides is 1. The molecule has 3 rings (SSSR count). The van der Waals surface area contributed by atoms with Crippen LogP contribution in [0.4, 0.5) is 0 Å². The first kappa shape index (κ1) is 13.6. The summed E-state index contributed by atoms with van der Waals surface area (Å²) in [5, 5.41) is 11.9. The summed E-state index contributed by atoms with van der Waals surface area (Å²) in [5.74, 6) is -1.12. The average molecular weight is 294 g/mol. The van der Waals surface area contributed by atoms with E-state index in [0.29, 0.717) is 10.9 Å². The lowest BCUT2D eigenvalue weighted by Gasteiger charge is -2.35. The van der Waals surface area contributed by atoms with Gasteiger partial charge >= 0.3 is 5.97 Å². The Morgan fingerprint density at radius 3 is 2.80 bits per heavy atom. The van der Waals surface area contributed by atoms with Crippen LogP contribution in [0.25, 0.3) is 0 Å². The molecule has 0 spiro atoms. The minimum atomic E-state index is -0.978. The number of hydrogen-bond acceptors (Lipinski definition) is 4. The summed E-state index contributed by atoms with van der Waals surface area (Å²) in [6, 6.07) is 3.92. The summed E-state index contributed by atoms with van der Waals surface area (Å²) < 4.78 is 0. The van der Waals surface area contributed by atoms with Crippen molar-refractivity contribution in [1.29, 1.82) is 0 Å². The highest BCUT2D eigenvalue weighted by molar-refractivity contribution is 7.15. The SMILES string of the molecule is O=C(O)c1ccc(C(=O)NC2CCN3CCCC3C2)s1. The van der Waals surface area contributed by atoms with Gasteiger partial charge in [-0.25, -0.2) is 4.79 Å². The molecule has 20 heavy (non-hydrogen) atoms. The maximum absolute atomic E-state index is 12.1. The molecule has 1 aromatic rings. The Balaban J connectivity index is 1.59. The molecule has 1 aromatic heterocycles. The summed E-state index contributed by atoms with van der Waals surface area (Å²) >= 11 is 1.04. The number of piperidine rings is 1. The zero-order chi connectivity index (χ0) is 14.1. The van der Waals surface area contributed by atoms with Gasteiger partial charge in [-0.15, -0.1) is 11.3 Å². The first-order valence-electron chi connectivity index (χ1n) is 7.01. The van der Waals surface area contributed by atoms with Crippen molar-refractivity contribution in [3.63, 3.8) is 0 Å². The van der Waals surface area contributed by atoms with E-state index in [1.807, 2.05) is 0 Å². The molecule has 2 atom stereocenters. The Morgan fingerprint density at radius 2 is 2.05 bits per heavy atom. The van der Waals surface area contributed by atoms with Gasteiger partial charge in [-0.3, -0.25) is 4.79 Å². The lowest BCUT2D eigenvalue weighted by atomic mass is 9.97. The number of carbonyl (C=O) groups excluding carboxylic acids is 1. The van der Waals surface area contributed by atoms with E-state index < -0.39 is 5.97 Å². The average Bonchev–Trinajstić information content (AvgIpc) is 3.07. The largest absolute Gasteiger partial charge is 0.477 e. The summed E-state index contributed by atoms with van der Waals surface area (Å²) in [7, 11) is 0. The minimum absolute atomic E-state index is 0.140. The van der Waals surface area contributed by atoms with Crippen LogP contribution < -0.4 is 5.32 Å². The molecule has 6 heteroatoms. The van der Waals surface area contributed by atoms with E-state index in [4.69, 9.17) is 5.11 Å². The molecule has 0 aromatic carbocycles. The van der Waals surface area contributed by atoms with Gasteiger partial charge in [0.25, 0.3) is 5.91 Å². The zero-order valence-corrected chi connectivity index (χ0v) is 12.0. The molecule has 1 amide bonds. The maximum Gasteiger partial charge on any atom is 0.345 e. The third-order valence-corrected chi connectivity index (χ3v) is 5.27. The van der Waals surface area contributed by atoms with Gasteiger partial charge in [-0.2, -0.15) is 0 Å². The third kappa shape index (κ3) is 2.71. The van der Waals surface area contributed by atoms with Crippen LogP contribution in [0.5, 0.6) is 0 Å². The Hall–Kier alpha value is -1.40. The zero-order valence-electron chi connectivity index (χ0n) is 11.2. The van der Waals surface area contributed by atoms with Crippen LogP contribution in [0, 0.1) is 0 Å². The van der Waals surface area contributed by atoms with Crippen LogP contribution in [0.15, 0.2) is 12.1 Å². The van der Waals surface area contributed by atoms with Gasteiger partial charge in [0, 0.05) is 18.6 Å². The van der Waals surface area contributed by atoms with Crippen molar-refractivity contribution in [3.05, 3.63) is 21.9 Å². The molecule has 0 saturated carbocycles. The monoisotopic (exact) mass is 294 g/mol. The van der Waals surface area contributed by atoms with Crippen molar-refractivity contribution in [2.24, 2.45) is 0 Å². The topological polar surface area (TPSA) is 69.6 Å². The fourth-order valence-electron chi connectivity index (χ4n) is 3.19. The number of aromatic carboxylic acids is 1. The predicted molar refractivity (Wildman–Crippen MR) is 76.4 cm³/mol. The molecule has 2 fully saturated rings. The number of carbonyl (C=O) groups is 2. The van der Waals surface area contributed by atoms with E-state index in [1.54, 1.807) is 6.07 Å². The number of thiophene rings is 1. The lowest BCUT2D eigenvalue weighted by molar-refractivity contribution is 0.0702. The maximum atomic E-state index is 12.1. The molecule has 2 unspecified atom stereocenters. The first-order valence-corrected chi connectivity index (χ1v) is 7.83. The Morgan fingerprint density at radius 1 is 1.25 bits per heavy atom. The van der Waals surface area contributed by atoms with E-state index in [-0.39, 0.29) is 16.8 Å². The predicted octanol–water partition coefficient (Wildman–Crippen LogP) is 1.80.